The largest absolute Gasteiger partial charge is 0.0736 e. The van der Waals surface area contributed by atoms with Crippen molar-refractivity contribution in [3.8, 4) is 0 Å². The minimum atomic E-state index is 0.719. The maximum atomic E-state index is 2.69. The Kier molecular flexibility index (Phi) is 1.30. The molecule has 4 aliphatic rings. The molecule has 0 aliphatic heterocycles. The van der Waals surface area contributed by atoms with Crippen molar-refractivity contribution in [2.45, 2.75) is 57.8 Å². The molecule has 0 bridgehead atoms. The van der Waals surface area contributed by atoms with Crippen molar-refractivity contribution in [3.63, 3.8) is 0 Å². The fourth-order valence-electron chi connectivity index (χ4n) is 4.89. The maximum Gasteiger partial charge on any atom is 0.0153 e. The van der Waals surface area contributed by atoms with Crippen LogP contribution in [0.3, 0.4) is 0 Å². The Balaban J connectivity index is 1.64. The summed E-state index contributed by atoms with van der Waals surface area (Å²) in [6.45, 7) is 0. The van der Waals surface area contributed by atoms with Crippen LogP contribution in [0.25, 0.3) is 0 Å². The molecule has 3 saturated carbocycles. The standard InChI is InChI=1S/C14H20/c1-3-7-13(9-11(13)5-1)14-8-4-2-6-12(14)10-14/h9,12H,1-8,10H2/t12-,13-,14-/m0/s1. The lowest BCUT2D eigenvalue weighted by atomic mass is 9.68. The van der Waals surface area contributed by atoms with Gasteiger partial charge >= 0.3 is 0 Å². The normalized spacial score (nSPS) is 54.3. The van der Waals surface area contributed by atoms with Gasteiger partial charge in [-0.3, -0.25) is 0 Å². The molecule has 76 valence electrons. The van der Waals surface area contributed by atoms with Crippen LogP contribution in [0, 0.1) is 16.7 Å². The van der Waals surface area contributed by atoms with Crippen molar-refractivity contribution in [3.05, 3.63) is 11.6 Å². The lowest BCUT2D eigenvalue weighted by Gasteiger charge is -2.36. The zero-order valence-corrected chi connectivity index (χ0v) is 9.02. The third-order valence-electron chi connectivity index (χ3n) is 5.72. The second-order valence-corrected chi connectivity index (χ2v) is 6.15. The summed E-state index contributed by atoms with van der Waals surface area (Å²) in [6.07, 6.45) is 16.4. The molecule has 4 rings (SSSR count). The van der Waals surface area contributed by atoms with Gasteiger partial charge in [-0.05, 0) is 49.9 Å². The zero-order chi connectivity index (χ0) is 9.23. The first kappa shape index (κ1) is 7.96. The molecule has 0 aromatic carbocycles. The zero-order valence-electron chi connectivity index (χ0n) is 9.02. The van der Waals surface area contributed by atoms with Crippen molar-refractivity contribution in [2.24, 2.45) is 16.7 Å². The second kappa shape index (κ2) is 2.28. The van der Waals surface area contributed by atoms with E-state index in [1.54, 1.807) is 19.3 Å². The van der Waals surface area contributed by atoms with E-state index >= 15 is 0 Å². The van der Waals surface area contributed by atoms with Crippen LogP contribution in [0.1, 0.15) is 57.8 Å². The molecular formula is C14H20. The van der Waals surface area contributed by atoms with Gasteiger partial charge in [0, 0.05) is 5.41 Å². The van der Waals surface area contributed by atoms with Crippen LogP contribution in [-0.4, -0.2) is 0 Å². The highest BCUT2D eigenvalue weighted by Crippen LogP contribution is 2.79. The number of allylic oxidation sites excluding steroid dienone is 2. The van der Waals surface area contributed by atoms with Crippen molar-refractivity contribution in [2.75, 3.05) is 0 Å². The molecule has 0 N–H and O–H groups in total. The summed E-state index contributed by atoms with van der Waals surface area (Å²) in [7, 11) is 0. The molecule has 0 heteroatoms. The molecule has 3 atom stereocenters. The molecule has 0 radical (unpaired) electrons. The maximum absolute atomic E-state index is 2.69. The van der Waals surface area contributed by atoms with Gasteiger partial charge in [-0.25, -0.2) is 0 Å². The molecule has 0 heterocycles. The van der Waals surface area contributed by atoms with Gasteiger partial charge in [0.15, 0.2) is 0 Å². The lowest BCUT2D eigenvalue weighted by molar-refractivity contribution is 0.188. The van der Waals surface area contributed by atoms with E-state index in [0.717, 1.165) is 16.7 Å². The smallest absolute Gasteiger partial charge is 0.0153 e. The van der Waals surface area contributed by atoms with Crippen LogP contribution >= 0.6 is 0 Å². The lowest BCUT2D eigenvalue weighted by Crippen LogP contribution is -2.27. The van der Waals surface area contributed by atoms with Crippen LogP contribution in [0.5, 0.6) is 0 Å². The van der Waals surface area contributed by atoms with Crippen LogP contribution in [0.2, 0.25) is 0 Å². The van der Waals surface area contributed by atoms with Crippen molar-refractivity contribution in [1.29, 1.82) is 0 Å². The average molecular weight is 188 g/mol. The Hall–Kier alpha value is -0.260. The highest BCUT2D eigenvalue weighted by Gasteiger charge is 2.70. The highest BCUT2D eigenvalue weighted by molar-refractivity contribution is 5.47. The predicted molar refractivity (Wildman–Crippen MR) is 58.0 cm³/mol. The summed E-state index contributed by atoms with van der Waals surface area (Å²) >= 11 is 0. The first-order chi connectivity index (χ1) is 6.87. The summed E-state index contributed by atoms with van der Waals surface area (Å²) in [5.41, 5.74) is 3.44. The van der Waals surface area contributed by atoms with Gasteiger partial charge in [-0.2, -0.15) is 0 Å². The van der Waals surface area contributed by atoms with E-state index in [2.05, 4.69) is 6.08 Å². The molecule has 0 aromatic heterocycles. The Morgan fingerprint density at radius 3 is 2.86 bits per heavy atom. The molecule has 0 unspecified atom stereocenters. The fraction of sp³-hybridized carbons (Fsp3) is 0.857. The molecule has 0 spiro atoms. The Morgan fingerprint density at radius 1 is 1.07 bits per heavy atom. The number of rotatable bonds is 1. The van der Waals surface area contributed by atoms with Gasteiger partial charge in [0.1, 0.15) is 0 Å². The van der Waals surface area contributed by atoms with E-state index in [-0.39, 0.29) is 0 Å². The first-order valence-corrected chi connectivity index (χ1v) is 6.60. The van der Waals surface area contributed by atoms with Crippen molar-refractivity contribution < 1.29 is 0 Å². The first-order valence-electron chi connectivity index (χ1n) is 6.60. The number of hydrogen-bond donors (Lipinski definition) is 0. The predicted octanol–water partition coefficient (Wildman–Crippen LogP) is 4.07. The van der Waals surface area contributed by atoms with Gasteiger partial charge in [0.05, 0.1) is 0 Å². The Bertz CT molecular complexity index is 310. The summed E-state index contributed by atoms with van der Waals surface area (Å²) in [5, 5.41) is 0. The molecule has 4 aliphatic carbocycles. The highest BCUT2D eigenvalue weighted by atomic mass is 14.7. The molecule has 14 heavy (non-hydrogen) atoms. The van der Waals surface area contributed by atoms with E-state index in [9.17, 15) is 0 Å². The van der Waals surface area contributed by atoms with E-state index < -0.39 is 0 Å². The molecule has 0 nitrogen and oxygen atoms in total. The summed E-state index contributed by atoms with van der Waals surface area (Å²) in [5.74, 6) is 1.14. The van der Waals surface area contributed by atoms with Gasteiger partial charge in [0.25, 0.3) is 0 Å². The van der Waals surface area contributed by atoms with Gasteiger partial charge in [-0.15, -0.1) is 0 Å². The van der Waals surface area contributed by atoms with Gasteiger partial charge < -0.3 is 0 Å². The minimum Gasteiger partial charge on any atom is -0.0736 e. The van der Waals surface area contributed by atoms with Gasteiger partial charge in [0.2, 0.25) is 0 Å². The Labute approximate surface area is 86.8 Å². The Morgan fingerprint density at radius 2 is 2.00 bits per heavy atom. The molecule has 0 amide bonds. The number of fused-ring (bicyclic) bond motifs is 3. The van der Waals surface area contributed by atoms with Crippen LogP contribution in [0.15, 0.2) is 11.6 Å². The molecule has 0 aromatic rings. The second-order valence-electron chi connectivity index (χ2n) is 6.15. The summed E-state index contributed by atoms with van der Waals surface area (Å²) in [4.78, 5) is 0. The van der Waals surface area contributed by atoms with E-state index in [1.807, 2.05) is 5.57 Å². The van der Waals surface area contributed by atoms with Crippen molar-refractivity contribution >= 4 is 0 Å². The van der Waals surface area contributed by atoms with Crippen LogP contribution in [-0.2, 0) is 0 Å². The topological polar surface area (TPSA) is 0 Å². The van der Waals surface area contributed by atoms with E-state index in [0.29, 0.717) is 0 Å². The summed E-state index contributed by atoms with van der Waals surface area (Å²) < 4.78 is 0. The van der Waals surface area contributed by atoms with E-state index in [4.69, 9.17) is 0 Å². The summed E-state index contributed by atoms with van der Waals surface area (Å²) in [6, 6.07) is 0. The van der Waals surface area contributed by atoms with Gasteiger partial charge in [-0.1, -0.05) is 30.9 Å². The molecule has 0 saturated heterocycles. The minimum absolute atomic E-state index is 0.719. The molecular weight excluding hydrogens is 168 g/mol. The van der Waals surface area contributed by atoms with E-state index in [1.165, 1.54) is 38.5 Å². The molecule has 3 fully saturated rings. The number of hydrogen-bond acceptors (Lipinski definition) is 0. The third kappa shape index (κ3) is 0.741. The van der Waals surface area contributed by atoms with Crippen molar-refractivity contribution in [1.82, 2.24) is 0 Å². The van der Waals surface area contributed by atoms with Crippen LogP contribution < -0.4 is 0 Å². The monoisotopic (exact) mass is 188 g/mol. The van der Waals surface area contributed by atoms with Crippen LogP contribution in [0.4, 0.5) is 0 Å². The average Bonchev–Trinajstić information content (AvgIpc) is 3.11. The quantitative estimate of drug-likeness (QED) is 0.544. The third-order valence-corrected chi connectivity index (χ3v) is 5.72. The SMILES string of the molecule is C1=C2CCCC[C@]12[C@]12CCCC[C@H]1C2. The fourth-order valence-corrected chi connectivity index (χ4v) is 4.89.